The number of benzene rings is 1. The van der Waals surface area contributed by atoms with Crippen molar-refractivity contribution in [2.24, 2.45) is 0 Å². The normalized spacial score (nSPS) is 11.2. The highest BCUT2D eigenvalue weighted by Gasteiger charge is 2.14. The number of aryl methyl sites for hydroxylation is 1. The molecule has 1 N–H and O–H groups in total. The molecule has 154 valence electrons. The molecule has 0 spiro atoms. The van der Waals surface area contributed by atoms with Gasteiger partial charge >= 0.3 is 0 Å². The molecule has 31 heavy (non-hydrogen) atoms. The molecule has 6 nitrogen and oxygen atoms in total. The fourth-order valence-corrected chi connectivity index (χ4v) is 3.63. The summed E-state index contributed by atoms with van der Waals surface area (Å²) in [5.41, 5.74) is 4.01. The molecule has 4 aromatic heterocycles. The van der Waals surface area contributed by atoms with Crippen LogP contribution in [0.2, 0.25) is 5.02 Å². The van der Waals surface area contributed by atoms with E-state index in [1.807, 2.05) is 60.1 Å². The van der Waals surface area contributed by atoms with Crippen LogP contribution in [-0.2, 0) is 6.54 Å². The quantitative estimate of drug-likeness (QED) is 0.409. The maximum absolute atomic E-state index is 14.1. The number of rotatable bonds is 5. The molecule has 8 heteroatoms. The molecule has 0 unspecified atom stereocenters. The maximum Gasteiger partial charge on any atom is 0.154 e. The predicted molar refractivity (Wildman–Crippen MR) is 119 cm³/mol. The van der Waals surface area contributed by atoms with Gasteiger partial charge in [0.25, 0.3) is 0 Å². The Labute approximate surface area is 183 Å². The first-order valence-electron chi connectivity index (χ1n) is 9.72. The van der Waals surface area contributed by atoms with E-state index in [9.17, 15) is 4.39 Å². The Morgan fingerprint density at radius 3 is 2.87 bits per heavy atom. The number of nitrogens with one attached hydrogen (secondary N) is 1. The van der Waals surface area contributed by atoms with Gasteiger partial charge in [-0.2, -0.15) is 0 Å². The third-order valence-electron chi connectivity index (χ3n) is 4.95. The molecule has 0 atom stereocenters. The van der Waals surface area contributed by atoms with Crippen LogP contribution < -0.4 is 5.32 Å². The fraction of sp³-hybridized carbons (Fsp3) is 0.0870. The topological polar surface area (TPSA) is 60.0 Å². The number of anilines is 1. The van der Waals surface area contributed by atoms with Crippen LogP contribution in [0.15, 0.2) is 73.2 Å². The standard InChI is InChI=1S/C23H18ClFN6/c1-15-3-2-4-23(28-15)31-20(16-5-8-22-26-9-10-30(22)14-16)12-21(29-31)27-13-17-11-18(24)6-7-19(17)25/h2-12,14H,13H2,1H3,(H,27,29). The molecule has 1 aromatic carbocycles. The van der Waals surface area contributed by atoms with Gasteiger partial charge in [0, 0.05) is 53.0 Å². The molecular weight excluding hydrogens is 415 g/mol. The van der Waals surface area contributed by atoms with Crippen molar-refractivity contribution >= 4 is 23.1 Å². The number of imidazole rings is 1. The lowest BCUT2D eigenvalue weighted by Crippen LogP contribution is -2.05. The van der Waals surface area contributed by atoms with Crippen molar-refractivity contribution in [1.29, 1.82) is 0 Å². The lowest BCUT2D eigenvalue weighted by atomic mass is 10.2. The Hall–Kier alpha value is -3.71. The SMILES string of the molecule is Cc1cccc(-n2nc(NCc3cc(Cl)ccc3F)cc2-c2ccc3nccn3c2)n1. The van der Waals surface area contributed by atoms with E-state index >= 15 is 0 Å². The first-order chi connectivity index (χ1) is 15.1. The van der Waals surface area contributed by atoms with Gasteiger partial charge in [0.2, 0.25) is 0 Å². The molecule has 0 radical (unpaired) electrons. The zero-order valence-corrected chi connectivity index (χ0v) is 17.4. The molecule has 0 fully saturated rings. The Bertz CT molecular complexity index is 1390. The van der Waals surface area contributed by atoms with Gasteiger partial charge in [-0.15, -0.1) is 5.10 Å². The van der Waals surface area contributed by atoms with Gasteiger partial charge in [-0.1, -0.05) is 17.7 Å². The number of halogens is 2. The van der Waals surface area contributed by atoms with Gasteiger partial charge in [-0.25, -0.2) is 19.0 Å². The summed E-state index contributed by atoms with van der Waals surface area (Å²) in [6.07, 6.45) is 5.64. The smallest absolute Gasteiger partial charge is 0.154 e. The lowest BCUT2D eigenvalue weighted by Gasteiger charge is -2.08. The number of fused-ring (bicyclic) bond motifs is 1. The van der Waals surface area contributed by atoms with Crippen molar-refractivity contribution < 1.29 is 4.39 Å². The first kappa shape index (κ1) is 19.3. The summed E-state index contributed by atoms with van der Waals surface area (Å²) in [7, 11) is 0. The number of aromatic nitrogens is 5. The van der Waals surface area contributed by atoms with Gasteiger partial charge in [-0.05, 0) is 49.4 Å². The maximum atomic E-state index is 14.1. The van der Waals surface area contributed by atoms with Gasteiger partial charge in [-0.3, -0.25) is 0 Å². The van der Waals surface area contributed by atoms with Crippen molar-refractivity contribution in [1.82, 2.24) is 24.1 Å². The van der Waals surface area contributed by atoms with Crippen LogP contribution in [0.1, 0.15) is 11.3 Å². The van der Waals surface area contributed by atoms with Crippen molar-refractivity contribution in [3.63, 3.8) is 0 Å². The third-order valence-corrected chi connectivity index (χ3v) is 5.19. The van der Waals surface area contributed by atoms with E-state index in [4.69, 9.17) is 16.7 Å². The zero-order valence-electron chi connectivity index (χ0n) is 16.6. The van der Waals surface area contributed by atoms with E-state index in [0.717, 1.165) is 22.6 Å². The number of pyridine rings is 2. The molecule has 0 aliphatic carbocycles. The minimum Gasteiger partial charge on any atom is -0.364 e. The van der Waals surface area contributed by atoms with Crippen molar-refractivity contribution in [3.8, 4) is 17.1 Å². The summed E-state index contributed by atoms with van der Waals surface area (Å²) >= 11 is 6.01. The summed E-state index contributed by atoms with van der Waals surface area (Å²) in [5, 5.41) is 8.38. The van der Waals surface area contributed by atoms with Crippen LogP contribution in [0.3, 0.4) is 0 Å². The minimum atomic E-state index is -0.317. The number of hydrogen-bond acceptors (Lipinski definition) is 4. The molecule has 0 saturated carbocycles. The van der Waals surface area contributed by atoms with Gasteiger partial charge in [0.15, 0.2) is 5.82 Å². The van der Waals surface area contributed by atoms with E-state index in [1.165, 1.54) is 12.1 Å². The van der Waals surface area contributed by atoms with Crippen molar-refractivity contribution in [2.45, 2.75) is 13.5 Å². The average Bonchev–Trinajstić information content (AvgIpc) is 3.41. The molecule has 0 saturated heterocycles. The van der Waals surface area contributed by atoms with Gasteiger partial charge in [0.1, 0.15) is 17.3 Å². The molecule has 5 rings (SSSR count). The Morgan fingerprint density at radius 2 is 2.00 bits per heavy atom. The lowest BCUT2D eigenvalue weighted by molar-refractivity contribution is 0.613. The van der Waals surface area contributed by atoms with E-state index < -0.39 is 0 Å². The Morgan fingerprint density at radius 1 is 1.10 bits per heavy atom. The highest BCUT2D eigenvalue weighted by Crippen LogP contribution is 2.26. The van der Waals surface area contributed by atoms with Crippen LogP contribution >= 0.6 is 11.6 Å². The summed E-state index contributed by atoms with van der Waals surface area (Å²) in [4.78, 5) is 8.91. The predicted octanol–water partition coefficient (Wildman–Crippen LogP) is 5.30. The molecule has 0 aliphatic rings. The van der Waals surface area contributed by atoms with Crippen LogP contribution in [0.25, 0.3) is 22.7 Å². The largest absolute Gasteiger partial charge is 0.364 e. The minimum absolute atomic E-state index is 0.255. The first-order valence-corrected chi connectivity index (χ1v) is 10.1. The van der Waals surface area contributed by atoms with Crippen LogP contribution in [-0.4, -0.2) is 24.1 Å². The van der Waals surface area contributed by atoms with E-state index in [1.54, 1.807) is 16.9 Å². The van der Waals surface area contributed by atoms with E-state index in [0.29, 0.717) is 22.2 Å². The molecule has 0 amide bonds. The molecule has 4 heterocycles. The van der Waals surface area contributed by atoms with Gasteiger partial charge < -0.3 is 9.72 Å². The van der Waals surface area contributed by atoms with E-state index in [2.05, 4.69) is 15.3 Å². The average molecular weight is 433 g/mol. The summed E-state index contributed by atoms with van der Waals surface area (Å²) in [6.45, 7) is 2.19. The molecule has 0 bridgehead atoms. The van der Waals surface area contributed by atoms with Crippen LogP contribution in [0, 0.1) is 12.7 Å². The van der Waals surface area contributed by atoms with E-state index in [-0.39, 0.29) is 12.4 Å². The number of nitrogens with zero attached hydrogens (tertiary/aromatic N) is 5. The highest BCUT2D eigenvalue weighted by atomic mass is 35.5. The zero-order chi connectivity index (χ0) is 21.4. The summed E-state index contributed by atoms with van der Waals surface area (Å²) in [6, 6.07) is 16.1. The molecular formula is C23H18ClFN6. The third kappa shape index (κ3) is 3.87. The number of hydrogen-bond donors (Lipinski definition) is 1. The summed E-state index contributed by atoms with van der Waals surface area (Å²) < 4.78 is 17.8. The van der Waals surface area contributed by atoms with Crippen molar-refractivity contribution in [2.75, 3.05) is 5.32 Å². The van der Waals surface area contributed by atoms with Gasteiger partial charge in [0.05, 0.1) is 5.69 Å². The Balaban J connectivity index is 1.55. The van der Waals surface area contributed by atoms with Crippen molar-refractivity contribution in [3.05, 3.63) is 95.3 Å². The molecule has 0 aliphatic heterocycles. The molecule has 5 aromatic rings. The monoisotopic (exact) mass is 432 g/mol. The summed E-state index contributed by atoms with van der Waals surface area (Å²) in [5.74, 6) is 0.980. The second-order valence-corrected chi connectivity index (χ2v) is 7.60. The fourth-order valence-electron chi connectivity index (χ4n) is 3.43. The van der Waals surface area contributed by atoms with Crippen LogP contribution in [0.5, 0.6) is 0 Å². The van der Waals surface area contributed by atoms with Crippen LogP contribution in [0.4, 0.5) is 10.2 Å². The second kappa shape index (κ2) is 7.85. The second-order valence-electron chi connectivity index (χ2n) is 7.16. The Kier molecular flexibility index (Phi) is 4.88. The highest BCUT2D eigenvalue weighted by molar-refractivity contribution is 6.30.